The molecule has 0 aliphatic rings. The molecule has 2 aromatic rings. The lowest BCUT2D eigenvalue weighted by molar-refractivity contribution is 0.579. The Hall–Kier alpha value is -1.46. The zero-order chi connectivity index (χ0) is 14.0. The maximum atomic E-state index is 13.1. The fourth-order valence-electron chi connectivity index (χ4n) is 2.03. The highest BCUT2D eigenvalue weighted by molar-refractivity contribution is 6.32. The van der Waals surface area contributed by atoms with E-state index in [9.17, 15) is 4.39 Å². The summed E-state index contributed by atoms with van der Waals surface area (Å²) in [5, 5.41) is 11.9. The van der Waals surface area contributed by atoms with E-state index in [-0.39, 0.29) is 11.9 Å². The zero-order valence-electron chi connectivity index (χ0n) is 11.1. The SMILES string of the molecule is CCNC(C)c1nnn(-c2ccc(F)cc2Cl)c1C. The van der Waals surface area contributed by atoms with Crippen LogP contribution in [0.2, 0.25) is 5.02 Å². The summed E-state index contributed by atoms with van der Waals surface area (Å²) in [4.78, 5) is 0. The molecule has 0 fully saturated rings. The van der Waals surface area contributed by atoms with Gasteiger partial charge in [-0.05, 0) is 38.6 Å². The van der Waals surface area contributed by atoms with Crippen LogP contribution in [0.15, 0.2) is 18.2 Å². The van der Waals surface area contributed by atoms with Crippen molar-refractivity contribution >= 4 is 11.6 Å². The molecule has 1 aromatic heterocycles. The van der Waals surface area contributed by atoms with Gasteiger partial charge in [-0.25, -0.2) is 9.07 Å². The molecule has 6 heteroatoms. The lowest BCUT2D eigenvalue weighted by atomic mass is 10.2. The van der Waals surface area contributed by atoms with Gasteiger partial charge in [0.1, 0.15) is 11.5 Å². The fraction of sp³-hybridized carbons (Fsp3) is 0.385. The van der Waals surface area contributed by atoms with Crippen LogP contribution in [0.1, 0.15) is 31.3 Å². The van der Waals surface area contributed by atoms with Crippen molar-refractivity contribution in [1.29, 1.82) is 0 Å². The number of benzene rings is 1. The Balaban J connectivity index is 2.41. The summed E-state index contributed by atoms with van der Waals surface area (Å²) in [7, 11) is 0. The molecule has 1 unspecified atom stereocenters. The van der Waals surface area contributed by atoms with Crippen LogP contribution < -0.4 is 5.32 Å². The molecular weight excluding hydrogens is 267 g/mol. The van der Waals surface area contributed by atoms with Crippen LogP contribution in [0.25, 0.3) is 5.69 Å². The van der Waals surface area contributed by atoms with E-state index < -0.39 is 0 Å². The molecule has 0 aliphatic heterocycles. The average molecular weight is 283 g/mol. The first kappa shape index (κ1) is 14.0. The third kappa shape index (κ3) is 2.77. The largest absolute Gasteiger partial charge is 0.309 e. The summed E-state index contributed by atoms with van der Waals surface area (Å²) in [5.41, 5.74) is 2.38. The number of rotatable bonds is 4. The molecule has 1 N–H and O–H groups in total. The molecular formula is C13H16ClFN4. The molecule has 2 rings (SSSR count). The lowest BCUT2D eigenvalue weighted by Gasteiger charge is -2.11. The second-order valence-corrected chi connectivity index (χ2v) is 4.75. The maximum Gasteiger partial charge on any atom is 0.124 e. The number of nitrogens with one attached hydrogen (secondary N) is 1. The predicted molar refractivity (Wildman–Crippen MR) is 73.2 cm³/mol. The van der Waals surface area contributed by atoms with Crippen molar-refractivity contribution in [2.24, 2.45) is 0 Å². The van der Waals surface area contributed by atoms with Crippen LogP contribution in [-0.2, 0) is 0 Å². The lowest BCUT2D eigenvalue weighted by Crippen LogP contribution is -2.19. The van der Waals surface area contributed by atoms with Gasteiger partial charge in [-0.15, -0.1) is 5.10 Å². The van der Waals surface area contributed by atoms with Gasteiger partial charge in [-0.2, -0.15) is 0 Å². The predicted octanol–water partition coefficient (Wildman–Crippen LogP) is 3.04. The van der Waals surface area contributed by atoms with Crippen molar-refractivity contribution in [1.82, 2.24) is 20.3 Å². The van der Waals surface area contributed by atoms with E-state index in [0.29, 0.717) is 10.7 Å². The first-order valence-corrected chi connectivity index (χ1v) is 6.53. The quantitative estimate of drug-likeness (QED) is 0.937. The molecule has 0 radical (unpaired) electrons. The van der Waals surface area contributed by atoms with Gasteiger partial charge in [0.2, 0.25) is 0 Å². The summed E-state index contributed by atoms with van der Waals surface area (Å²) in [6, 6.07) is 4.33. The summed E-state index contributed by atoms with van der Waals surface area (Å²) < 4.78 is 14.7. The van der Waals surface area contributed by atoms with Gasteiger partial charge in [0, 0.05) is 0 Å². The van der Waals surface area contributed by atoms with Crippen LogP contribution in [0.3, 0.4) is 0 Å². The minimum absolute atomic E-state index is 0.109. The molecule has 0 aliphatic carbocycles. The molecule has 102 valence electrons. The van der Waals surface area contributed by atoms with Crippen LogP contribution in [-0.4, -0.2) is 21.5 Å². The number of hydrogen-bond donors (Lipinski definition) is 1. The Morgan fingerprint density at radius 2 is 2.21 bits per heavy atom. The van der Waals surface area contributed by atoms with Crippen LogP contribution in [0, 0.1) is 12.7 Å². The Kier molecular flexibility index (Phi) is 4.17. The van der Waals surface area contributed by atoms with E-state index in [1.54, 1.807) is 10.7 Å². The van der Waals surface area contributed by atoms with E-state index in [0.717, 1.165) is 17.9 Å². The van der Waals surface area contributed by atoms with Gasteiger partial charge in [0.05, 0.1) is 22.4 Å². The van der Waals surface area contributed by atoms with E-state index >= 15 is 0 Å². The highest BCUT2D eigenvalue weighted by Gasteiger charge is 2.16. The smallest absolute Gasteiger partial charge is 0.124 e. The second-order valence-electron chi connectivity index (χ2n) is 4.35. The molecule has 0 amide bonds. The topological polar surface area (TPSA) is 42.7 Å². The molecule has 19 heavy (non-hydrogen) atoms. The van der Waals surface area contributed by atoms with Crippen molar-refractivity contribution < 1.29 is 4.39 Å². The Labute approximate surface area is 116 Å². The van der Waals surface area contributed by atoms with E-state index in [1.165, 1.54) is 12.1 Å². The Morgan fingerprint density at radius 1 is 1.47 bits per heavy atom. The van der Waals surface area contributed by atoms with Crippen molar-refractivity contribution in [2.75, 3.05) is 6.54 Å². The van der Waals surface area contributed by atoms with Gasteiger partial charge in [0.25, 0.3) is 0 Å². The second kappa shape index (κ2) is 5.67. The van der Waals surface area contributed by atoms with Crippen LogP contribution >= 0.6 is 11.6 Å². The van der Waals surface area contributed by atoms with Crippen molar-refractivity contribution in [3.63, 3.8) is 0 Å². The number of hydrogen-bond acceptors (Lipinski definition) is 3. The number of nitrogens with zero attached hydrogens (tertiary/aromatic N) is 3. The van der Waals surface area contributed by atoms with Gasteiger partial charge in [-0.3, -0.25) is 0 Å². The minimum atomic E-state index is -0.368. The summed E-state index contributed by atoms with van der Waals surface area (Å²) in [5.74, 6) is -0.368. The summed E-state index contributed by atoms with van der Waals surface area (Å²) >= 11 is 6.04. The molecule has 1 atom stereocenters. The molecule has 4 nitrogen and oxygen atoms in total. The standard InChI is InChI=1S/C13H16ClFN4/c1-4-16-8(2)13-9(3)19(18-17-13)12-6-5-10(15)7-11(12)14/h5-8,16H,4H2,1-3H3. The number of halogens is 2. The first-order chi connectivity index (χ1) is 9.04. The number of aromatic nitrogens is 3. The molecule has 0 bridgehead atoms. The molecule has 0 spiro atoms. The highest BCUT2D eigenvalue weighted by Crippen LogP contribution is 2.24. The van der Waals surface area contributed by atoms with Crippen molar-refractivity contribution in [3.05, 3.63) is 40.4 Å². The third-order valence-corrected chi connectivity index (χ3v) is 3.29. The molecule has 1 aromatic carbocycles. The molecule has 1 heterocycles. The van der Waals surface area contributed by atoms with E-state index in [4.69, 9.17) is 11.6 Å². The minimum Gasteiger partial charge on any atom is -0.309 e. The zero-order valence-corrected chi connectivity index (χ0v) is 11.9. The van der Waals surface area contributed by atoms with E-state index in [2.05, 4.69) is 15.6 Å². The van der Waals surface area contributed by atoms with E-state index in [1.807, 2.05) is 20.8 Å². The van der Waals surface area contributed by atoms with Gasteiger partial charge in [0.15, 0.2) is 0 Å². The Bertz CT molecular complexity index is 582. The maximum absolute atomic E-state index is 13.1. The van der Waals surface area contributed by atoms with Crippen molar-refractivity contribution in [3.8, 4) is 5.69 Å². The Morgan fingerprint density at radius 3 is 2.84 bits per heavy atom. The van der Waals surface area contributed by atoms with Crippen LogP contribution in [0.5, 0.6) is 0 Å². The normalized spacial score (nSPS) is 12.7. The molecule has 0 saturated heterocycles. The summed E-state index contributed by atoms with van der Waals surface area (Å²) in [6.07, 6.45) is 0. The van der Waals surface area contributed by atoms with Gasteiger partial charge >= 0.3 is 0 Å². The molecule has 0 saturated carbocycles. The van der Waals surface area contributed by atoms with Crippen LogP contribution in [0.4, 0.5) is 4.39 Å². The van der Waals surface area contributed by atoms with Gasteiger partial charge in [-0.1, -0.05) is 23.7 Å². The third-order valence-electron chi connectivity index (χ3n) is 2.99. The highest BCUT2D eigenvalue weighted by atomic mass is 35.5. The monoisotopic (exact) mass is 282 g/mol. The fourth-order valence-corrected chi connectivity index (χ4v) is 2.27. The summed E-state index contributed by atoms with van der Waals surface area (Å²) in [6.45, 7) is 6.83. The first-order valence-electron chi connectivity index (χ1n) is 6.15. The van der Waals surface area contributed by atoms with Crippen molar-refractivity contribution in [2.45, 2.75) is 26.8 Å². The average Bonchev–Trinajstić information content (AvgIpc) is 2.72. The van der Waals surface area contributed by atoms with Gasteiger partial charge < -0.3 is 5.32 Å².